The van der Waals surface area contributed by atoms with Gasteiger partial charge in [0.15, 0.2) is 4.67 Å². The van der Waals surface area contributed by atoms with E-state index in [4.69, 9.17) is 9.15 Å². The molecule has 1 aliphatic heterocycles. The molecule has 1 saturated heterocycles. The zero-order valence-corrected chi connectivity index (χ0v) is 14.4. The Morgan fingerprint density at radius 1 is 1.48 bits per heavy atom. The van der Waals surface area contributed by atoms with Crippen molar-refractivity contribution in [3.05, 3.63) is 16.5 Å². The predicted molar refractivity (Wildman–Crippen MR) is 82.5 cm³/mol. The van der Waals surface area contributed by atoms with Crippen molar-refractivity contribution in [3.63, 3.8) is 0 Å². The summed E-state index contributed by atoms with van der Waals surface area (Å²) in [5, 5.41) is 3.09. The number of hydrogen-bond acceptors (Lipinski definition) is 5. The number of furan rings is 1. The van der Waals surface area contributed by atoms with Crippen LogP contribution in [0.25, 0.3) is 0 Å². The van der Waals surface area contributed by atoms with Crippen LogP contribution in [-0.2, 0) is 21.3 Å². The Bertz CT molecular complexity index is 553. The summed E-state index contributed by atoms with van der Waals surface area (Å²) >= 11 is 3.17. The molecule has 0 aliphatic carbocycles. The maximum absolute atomic E-state index is 12.3. The third-order valence-corrected chi connectivity index (χ3v) is 5.64. The summed E-state index contributed by atoms with van der Waals surface area (Å²) in [4.78, 5) is 0.145. The fourth-order valence-corrected chi connectivity index (χ4v) is 4.30. The van der Waals surface area contributed by atoms with E-state index in [2.05, 4.69) is 26.0 Å². The number of ether oxygens (including phenoxy) is 1. The summed E-state index contributed by atoms with van der Waals surface area (Å²) in [5.74, 6) is 0.825. The van der Waals surface area contributed by atoms with E-state index in [1.54, 1.807) is 6.07 Å². The van der Waals surface area contributed by atoms with Crippen LogP contribution in [0.4, 0.5) is 0 Å². The Labute approximate surface area is 133 Å². The van der Waals surface area contributed by atoms with Gasteiger partial charge in [0, 0.05) is 19.2 Å². The number of nitrogens with one attached hydrogen (secondary N) is 2. The molecule has 2 N–H and O–H groups in total. The number of halogens is 1. The SMILES string of the molecule is CCNCc1cc(S(=O)(=O)NCC2CCCOC2)c(Br)o1. The third kappa shape index (κ3) is 4.79. The van der Waals surface area contributed by atoms with Crippen molar-refractivity contribution in [1.29, 1.82) is 0 Å². The molecule has 1 fully saturated rings. The minimum absolute atomic E-state index is 0.145. The van der Waals surface area contributed by atoms with Crippen LogP contribution in [0.3, 0.4) is 0 Å². The van der Waals surface area contributed by atoms with Crippen molar-refractivity contribution < 1.29 is 17.6 Å². The lowest BCUT2D eigenvalue weighted by Gasteiger charge is -2.21. The van der Waals surface area contributed by atoms with E-state index in [0.717, 1.165) is 26.0 Å². The molecule has 2 rings (SSSR count). The summed E-state index contributed by atoms with van der Waals surface area (Å²) in [7, 11) is -3.57. The van der Waals surface area contributed by atoms with Gasteiger partial charge in [0.25, 0.3) is 0 Å². The average Bonchev–Trinajstić information content (AvgIpc) is 2.86. The fraction of sp³-hybridized carbons (Fsp3) is 0.692. The summed E-state index contributed by atoms with van der Waals surface area (Å²) in [6, 6.07) is 1.55. The molecule has 1 aromatic rings. The number of rotatable bonds is 7. The van der Waals surface area contributed by atoms with Gasteiger partial charge in [0.2, 0.25) is 10.0 Å². The smallest absolute Gasteiger partial charge is 0.244 e. The van der Waals surface area contributed by atoms with Crippen molar-refractivity contribution in [2.45, 2.75) is 31.2 Å². The van der Waals surface area contributed by atoms with Gasteiger partial charge in [-0.15, -0.1) is 0 Å². The highest BCUT2D eigenvalue weighted by molar-refractivity contribution is 9.10. The molecule has 0 spiro atoms. The van der Waals surface area contributed by atoms with Crippen LogP contribution in [0.5, 0.6) is 0 Å². The van der Waals surface area contributed by atoms with Crippen molar-refractivity contribution in [2.24, 2.45) is 5.92 Å². The van der Waals surface area contributed by atoms with E-state index in [9.17, 15) is 8.42 Å². The zero-order valence-electron chi connectivity index (χ0n) is 12.0. The van der Waals surface area contributed by atoms with Gasteiger partial charge in [-0.2, -0.15) is 0 Å². The first-order valence-electron chi connectivity index (χ1n) is 7.09. The van der Waals surface area contributed by atoms with Gasteiger partial charge in [-0.3, -0.25) is 0 Å². The van der Waals surface area contributed by atoms with Crippen LogP contribution in [0.15, 0.2) is 20.0 Å². The fourth-order valence-electron chi connectivity index (χ4n) is 2.19. The molecule has 120 valence electrons. The monoisotopic (exact) mass is 380 g/mol. The lowest BCUT2D eigenvalue weighted by Crippen LogP contribution is -2.33. The molecular weight excluding hydrogens is 360 g/mol. The molecule has 1 aromatic heterocycles. The zero-order chi connectivity index (χ0) is 15.3. The molecule has 0 aromatic carbocycles. The van der Waals surface area contributed by atoms with Gasteiger partial charge in [0.1, 0.15) is 10.7 Å². The lowest BCUT2D eigenvalue weighted by molar-refractivity contribution is 0.0568. The van der Waals surface area contributed by atoms with Crippen LogP contribution in [0.1, 0.15) is 25.5 Å². The Hall–Kier alpha value is -0.410. The molecule has 1 unspecified atom stereocenters. The summed E-state index contributed by atoms with van der Waals surface area (Å²) in [6.45, 7) is 5.04. The Morgan fingerprint density at radius 3 is 2.95 bits per heavy atom. The summed E-state index contributed by atoms with van der Waals surface area (Å²) < 4.78 is 38.3. The van der Waals surface area contributed by atoms with Crippen molar-refractivity contribution in [3.8, 4) is 0 Å². The largest absolute Gasteiger partial charge is 0.452 e. The van der Waals surface area contributed by atoms with Crippen LogP contribution in [-0.4, -0.2) is 34.7 Å². The predicted octanol–water partition coefficient (Wildman–Crippen LogP) is 1.86. The first-order chi connectivity index (χ1) is 10.0. The maximum Gasteiger partial charge on any atom is 0.244 e. The standard InChI is InChI=1S/C13H21BrN2O4S/c1-2-15-8-11-6-12(13(14)20-11)21(17,18)16-7-10-4-3-5-19-9-10/h6,10,15-16H,2-5,7-9H2,1H3. The highest BCUT2D eigenvalue weighted by atomic mass is 79.9. The van der Waals surface area contributed by atoms with Crippen molar-refractivity contribution in [1.82, 2.24) is 10.0 Å². The second kappa shape index (κ2) is 7.73. The molecule has 6 nitrogen and oxygen atoms in total. The minimum atomic E-state index is -3.57. The molecule has 1 atom stereocenters. The molecule has 8 heteroatoms. The van der Waals surface area contributed by atoms with Gasteiger partial charge >= 0.3 is 0 Å². The van der Waals surface area contributed by atoms with Crippen LogP contribution < -0.4 is 10.0 Å². The lowest BCUT2D eigenvalue weighted by atomic mass is 10.0. The highest BCUT2D eigenvalue weighted by Gasteiger charge is 2.24. The normalized spacial score (nSPS) is 19.8. The number of hydrogen-bond donors (Lipinski definition) is 2. The van der Waals surface area contributed by atoms with E-state index in [1.807, 2.05) is 6.92 Å². The Kier molecular flexibility index (Phi) is 6.24. The van der Waals surface area contributed by atoms with E-state index in [0.29, 0.717) is 25.5 Å². The minimum Gasteiger partial charge on any atom is -0.452 e. The van der Waals surface area contributed by atoms with Gasteiger partial charge in [-0.1, -0.05) is 6.92 Å². The first-order valence-corrected chi connectivity index (χ1v) is 9.37. The van der Waals surface area contributed by atoms with Crippen LogP contribution in [0, 0.1) is 5.92 Å². The van der Waals surface area contributed by atoms with E-state index in [-0.39, 0.29) is 15.5 Å². The van der Waals surface area contributed by atoms with Crippen molar-refractivity contribution >= 4 is 26.0 Å². The van der Waals surface area contributed by atoms with Gasteiger partial charge in [-0.25, -0.2) is 13.1 Å². The Morgan fingerprint density at radius 2 is 2.29 bits per heavy atom. The third-order valence-electron chi connectivity index (χ3n) is 3.36. The van der Waals surface area contributed by atoms with E-state index < -0.39 is 10.0 Å². The summed E-state index contributed by atoms with van der Waals surface area (Å²) in [6.07, 6.45) is 1.97. The van der Waals surface area contributed by atoms with Crippen LogP contribution in [0.2, 0.25) is 0 Å². The summed E-state index contributed by atoms with van der Waals surface area (Å²) in [5.41, 5.74) is 0. The molecule has 0 radical (unpaired) electrons. The van der Waals surface area contributed by atoms with Gasteiger partial charge < -0.3 is 14.5 Å². The molecule has 0 saturated carbocycles. The molecule has 0 bridgehead atoms. The molecule has 2 heterocycles. The quantitative estimate of drug-likeness (QED) is 0.754. The van der Waals surface area contributed by atoms with Gasteiger partial charge in [-0.05, 0) is 41.2 Å². The Balaban J connectivity index is 1.99. The second-order valence-corrected chi connectivity index (χ2v) is 7.52. The molecule has 21 heavy (non-hydrogen) atoms. The van der Waals surface area contributed by atoms with E-state index >= 15 is 0 Å². The van der Waals surface area contributed by atoms with Gasteiger partial charge in [0.05, 0.1) is 13.2 Å². The second-order valence-electron chi connectivity index (χ2n) is 5.07. The molecule has 1 aliphatic rings. The van der Waals surface area contributed by atoms with Crippen LogP contribution >= 0.6 is 15.9 Å². The van der Waals surface area contributed by atoms with Crippen molar-refractivity contribution in [2.75, 3.05) is 26.3 Å². The highest BCUT2D eigenvalue weighted by Crippen LogP contribution is 2.26. The maximum atomic E-state index is 12.3. The molecule has 0 amide bonds. The number of sulfonamides is 1. The first kappa shape index (κ1) is 17.0. The molecular formula is C13H21BrN2O4S. The topological polar surface area (TPSA) is 80.6 Å². The average molecular weight is 381 g/mol. The van der Waals surface area contributed by atoms with E-state index in [1.165, 1.54) is 0 Å².